The number of carbonyl (C=O) groups is 1. The van der Waals surface area contributed by atoms with Gasteiger partial charge in [0.1, 0.15) is 0 Å². The summed E-state index contributed by atoms with van der Waals surface area (Å²) in [7, 11) is 0. The molecule has 1 fully saturated rings. The van der Waals surface area contributed by atoms with E-state index in [0.29, 0.717) is 24.4 Å². The average Bonchev–Trinajstić information content (AvgIpc) is 2.65. The van der Waals surface area contributed by atoms with Crippen molar-refractivity contribution in [2.45, 2.75) is 60.2 Å². The van der Waals surface area contributed by atoms with Gasteiger partial charge in [0, 0.05) is 6.61 Å². The van der Waals surface area contributed by atoms with Crippen LogP contribution in [-0.2, 0) is 14.3 Å². The minimum Gasteiger partial charge on any atom is -0.436 e. The van der Waals surface area contributed by atoms with E-state index < -0.39 is 6.29 Å². The Balaban J connectivity index is 2.64. The Hall–Kier alpha value is -0.570. The zero-order chi connectivity index (χ0) is 13.7. The van der Waals surface area contributed by atoms with Gasteiger partial charge in [-0.2, -0.15) is 0 Å². The summed E-state index contributed by atoms with van der Waals surface area (Å²) in [5, 5.41) is 0. The van der Waals surface area contributed by atoms with Crippen LogP contribution in [0.3, 0.4) is 0 Å². The van der Waals surface area contributed by atoms with Crippen molar-refractivity contribution in [3.05, 3.63) is 0 Å². The maximum Gasteiger partial charge on any atom is 0.311 e. The molecule has 0 aromatic heterocycles. The molecule has 106 valence electrons. The Bertz CT molecular complexity index is 262. The van der Waals surface area contributed by atoms with Gasteiger partial charge in [-0.05, 0) is 38.0 Å². The number of hydrogen-bond acceptors (Lipinski definition) is 3. The quantitative estimate of drug-likeness (QED) is 0.538. The van der Waals surface area contributed by atoms with E-state index in [1.165, 1.54) is 0 Å². The third kappa shape index (κ3) is 3.47. The van der Waals surface area contributed by atoms with E-state index in [4.69, 9.17) is 9.47 Å². The second-order valence-corrected chi connectivity index (χ2v) is 5.42. The van der Waals surface area contributed by atoms with E-state index >= 15 is 0 Å². The van der Waals surface area contributed by atoms with Crippen molar-refractivity contribution in [2.24, 2.45) is 23.7 Å². The van der Waals surface area contributed by atoms with E-state index in [2.05, 4.69) is 20.8 Å². The number of esters is 1. The van der Waals surface area contributed by atoms with E-state index in [1.807, 2.05) is 6.92 Å². The maximum absolute atomic E-state index is 12.3. The first-order valence-corrected chi connectivity index (χ1v) is 7.37. The van der Waals surface area contributed by atoms with E-state index in [0.717, 1.165) is 19.3 Å². The van der Waals surface area contributed by atoms with Crippen LogP contribution in [0.1, 0.15) is 53.9 Å². The third-order valence-corrected chi connectivity index (χ3v) is 4.43. The van der Waals surface area contributed by atoms with E-state index in [9.17, 15) is 4.79 Å². The van der Waals surface area contributed by atoms with Crippen LogP contribution in [0.5, 0.6) is 0 Å². The predicted octanol–water partition coefficient (Wildman–Crippen LogP) is 3.62. The Labute approximate surface area is 111 Å². The summed E-state index contributed by atoms with van der Waals surface area (Å²) < 4.78 is 10.7. The Morgan fingerprint density at radius 2 is 1.83 bits per heavy atom. The topological polar surface area (TPSA) is 35.5 Å². The SMILES string of the molecule is CCOC(C)OC(=O)C1C(CC)CC(CC)C1C. The molecule has 18 heavy (non-hydrogen) atoms. The van der Waals surface area contributed by atoms with Gasteiger partial charge in [0.05, 0.1) is 5.92 Å². The van der Waals surface area contributed by atoms with Crippen molar-refractivity contribution in [3.63, 3.8) is 0 Å². The second kappa shape index (κ2) is 7.13. The average molecular weight is 256 g/mol. The van der Waals surface area contributed by atoms with Crippen LogP contribution in [0.2, 0.25) is 0 Å². The van der Waals surface area contributed by atoms with Crippen LogP contribution >= 0.6 is 0 Å². The van der Waals surface area contributed by atoms with Gasteiger partial charge in [0.15, 0.2) is 6.29 Å². The molecule has 0 aromatic carbocycles. The van der Waals surface area contributed by atoms with Gasteiger partial charge in [-0.15, -0.1) is 0 Å². The molecular formula is C15H28O3. The van der Waals surface area contributed by atoms with Crippen LogP contribution in [0.25, 0.3) is 0 Å². The highest BCUT2D eigenvalue weighted by atomic mass is 16.7. The van der Waals surface area contributed by atoms with Crippen molar-refractivity contribution in [1.29, 1.82) is 0 Å². The molecule has 5 unspecified atom stereocenters. The molecule has 0 amide bonds. The molecule has 5 atom stereocenters. The molecule has 0 bridgehead atoms. The van der Waals surface area contributed by atoms with Crippen LogP contribution in [0.15, 0.2) is 0 Å². The summed E-state index contributed by atoms with van der Waals surface area (Å²) in [6.07, 6.45) is 2.95. The fourth-order valence-corrected chi connectivity index (χ4v) is 3.35. The molecule has 0 aliphatic heterocycles. The summed E-state index contributed by atoms with van der Waals surface area (Å²) in [5.41, 5.74) is 0. The van der Waals surface area contributed by atoms with Crippen molar-refractivity contribution in [2.75, 3.05) is 6.61 Å². The lowest BCUT2D eigenvalue weighted by Crippen LogP contribution is -2.30. The van der Waals surface area contributed by atoms with Crippen LogP contribution in [-0.4, -0.2) is 18.9 Å². The molecule has 0 aromatic rings. The number of hydrogen-bond donors (Lipinski definition) is 0. The van der Waals surface area contributed by atoms with Gasteiger partial charge in [0.2, 0.25) is 0 Å². The fourth-order valence-electron chi connectivity index (χ4n) is 3.35. The van der Waals surface area contributed by atoms with Crippen LogP contribution in [0, 0.1) is 23.7 Å². The minimum absolute atomic E-state index is 0.0582. The molecule has 0 saturated heterocycles. The van der Waals surface area contributed by atoms with Crippen molar-refractivity contribution < 1.29 is 14.3 Å². The van der Waals surface area contributed by atoms with Crippen molar-refractivity contribution >= 4 is 5.97 Å². The Morgan fingerprint density at radius 3 is 2.33 bits per heavy atom. The summed E-state index contributed by atoms with van der Waals surface area (Å²) in [5.74, 6) is 1.57. The lowest BCUT2D eigenvalue weighted by atomic mass is 9.87. The van der Waals surface area contributed by atoms with Crippen molar-refractivity contribution in [1.82, 2.24) is 0 Å². The standard InChI is InChI=1S/C15H28O3/c1-6-12-9-13(7-2)14(10(12)4)15(16)18-11(5)17-8-3/h10-14H,6-9H2,1-5H3. The van der Waals surface area contributed by atoms with Gasteiger partial charge in [-0.25, -0.2) is 0 Å². The number of ether oxygens (including phenoxy) is 2. The molecule has 1 aliphatic rings. The highest BCUT2D eigenvalue weighted by molar-refractivity contribution is 5.73. The predicted molar refractivity (Wildman–Crippen MR) is 72.0 cm³/mol. The van der Waals surface area contributed by atoms with Crippen molar-refractivity contribution in [3.8, 4) is 0 Å². The highest BCUT2D eigenvalue weighted by Crippen LogP contribution is 2.45. The van der Waals surface area contributed by atoms with Gasteiger partial charge in [-0.3, -0.25) is 4.79 Å². The Kier molecular flexibility index (Phi) is 6.13. The molecular weight excluding hydrogens is 228 g/mol. The first kappa shape index (κ1) is 15.5. The minimum atomic E-state index is -0.423. The zero-order valence-corrected chi connectivity index (χ0v) is 12.4. The molecule has 1 aliphatic carbocycles. The summed E-state index contributed by atoms with van der Waals surface area (Å²) >= 11 is 0. The summed E-state index contributed by atoms with van der Waals surface area (Å²) in [6.45, 7) is 10.8. The summed E-state index contributed by atoms with van der Waals surface area (Å²) in [4.78, 5) is 12.3. The molecule has 0 spiro atoms. The monoisotopic (exact) mass is 256 g/mol. The molecule has 1 saturated carbocycles. The molecule has 0 N–H and O–H groups in total. The second-order valence-electron chi connectivity index (χ2n) is 5.42. The Morgan fingerprint density at radius 1 is 1.22 bits per heavy atom. The summed E-state index contributed by atoms with van der Waals surface area (Å²) in [6, 6.07) is 0. The van der Waals surface area contributed by atoms with Gasteiger partial charge in [0.25, 0.3) is 0 Å². The molecule has 0 heterocycles. The van der Waals surface area contributed by atoms with Crippen LogP contribution < -0.4 is 0 Å². The van der Waals surface area contributed by atoms with E-state index in [1.54, 1.807) is 6.92 Å². The normalized spacial score (nSPS) is 33.4. The van der Waals surface area contributed by atoms with Gasteiger partial charge < -0.3 is 9.47 Å². The third-order valence-electron chi connectivity index (χ3n) is 4.43. The zero-order valence-electron chi connectivity index (χ0n) is 12.4. The highest BCUT2D eigenvalue weighted by Gasteiger charge is 2.44. The van der Waals surface area contributed by atoms with Gasteiger partial charge >= 0.3 is 5.97 Å². The first-order valence-electron chi connectivity index (χ1n) is 7.37. The lowest BCUT2D eigenvalue weighted by molar-refractivity contribution is -0.181. The smallest absolute Gasteiger partial charge is 0.311 e. The molecule has 1 rings (SSSR count). The molecule has 0 radical (unpaired) electrons. The van der Waals surface area contributed by atoms with Crippen LogP contribution in [0.4, 0.5) is 0 Å². The fraction of sp³-hybridized carbons (Fsp3) is 0.933. The molecule has 3 nitrogen and oxygen atoms in total. The number of rotatable bonds is 6. The maximum atomic E-state index is 12.3. The molecule has 3 heteroatoms. The number of carbonyl (C=O) groups excluding carboxylic acids is 1. The lowest BCUT2D eigenvalue weighted by Gasteiger charge is -2.23. The van der Waals surface area contributed by atoms with Gasteiger partial charge in [-0.1, -0.05) is 33.6 Å². The van der Waals surface area contributed by atoms with E-state index in [-0.39, 0.29) is 11.9 Å². The largest absolute Gasteiger partial charge is 0.436 e. The first-order chi connectivity index (χ1) is 8.54.